The number of hydrogen-bond donors (Lipinski definition) is 0. The van der Waals surface area contributed by atoms with E-state index in [1.807, 2.05) is 48.5 Å². The molecule has 0 bridgehead atoms. The first kappa shape index (κ1) is 17.0. The minimum Gasteiger partial charge on any atom is -0.386 e. The summed E-state index contributed by atoms with van der Waals surface area (Å²) in [5.41, 5.74) is 0. The Kier molecular flexibility index (Phi) is 5.41. The van der Waals surface area contributed by atoms with E-state index in [9.17, 15) is 0 Å². The van der Waals surface area contributed by atoms with E-state index < -0.39 is 8.56 Å². The minimum absolute atomic E-state index is 0.633. The molecule has 0 spiro atoms. The Morgan fingerprint density at radius 3 is 1.57 bits per heavy atom. The van der Waals surface area contributed by atoms with Gasteiger partial charge < -0.3 is 13.8 Å². The van der Waals surface area contributed by atoms with Crippen LogP contribution in [0.3, 0.4) is 0 Å². The summed E-state index contributed by atoms with van der Waals surface area (Å²) in [6.07, 6.45) is 0. The monoisotopic (exact) mass is 367 g/mol. The first-order valence-electron chi connectivity index (χ1n) is 7.59. The third-order valence-corrected chi connectivity index (χ3v) is 7.92. The lowest BCUT2D eigenvalue weighted by molar-refractivity contribution is 0.121. The van der Waals surface area contributed by atoms with Crippen molar-refractivity contribution in [1.29, 1.82) is 0 Å². The fourth-order valence-electron chi connectivity index (χ4n) is 2.68. The summed E-state index contributed by atoms with van der Waals surface area (Å²) in [4.78, 5) is 2.21. The second kappa shape index (κ2) is 7.34. The third kappa shape index (κ3) is 3.79. The van der Waals surface area contributed by atoms with Crippen LogP contribution in [0.5, 0.6) is 0 Å². The molecule has 23 heavy (non-hydrogen) atoms. The quantitative estimate of drug-likeness (QED) is 0.761. The van der Waals surface area contributed by atoms with Crippen LogP contribution in [0.1, 0.15) is 0 Å². The summed E-state index contributed by atoms with van der Waals surface area (Å²) in [6, 6.07) is 15.6. The highest BCUT2D eigenvalue weighted by atomic mass is 35.5. The van der Waals surface area contributed by atoms with Crippen molar-refractivity contribution in [2.24, 2.45) is 0 Å². The van der Waals surface area contributed by atoms with Gasteiger partial charge >= 0.3 is 8.56 Å². The van der Waals surface area contributed by atoms with Crippen molar-refractivity contribution >= 4 is 42.1 Å². The van der Waals surface area contributed by atoms with Crippen LogP contribution in [0.2, 0.25) is 10.0 Å². The van der Waals surface area contributed by atoms with Crippen molar-refractivity contribution in [3.05, 3.63) is 58.6 Å². The molecule has 3 nitrogen and oxygen atoms in total. The second-order valence-electron chi connectivity index (χ2n) is 5.63. The van der Waals surface area contributed by atoms with Crippen LogP contribution in [0, 0.1) is 0 Å². The maximum atomic E-state index is 6.38. The highest BCUT2D eigenvalue weighted by Gasteiger charge is 2.43. The zero-order chi connectivity index (χ0) is 16.3. The van der Waals surface area contributed by atoms with E-state index in [1.54, 1.807) is 0 Å². The van der Waals surface area contributed by atoms with E-state index in [2.05, 4.69) is 11.9 Å². The van der Waals surface area contributed by atoms with Crippen molar-refractivity contribution < 1.29 is 8.85 Å². The SMILES string of the molecule is CN1CCO[Si](c2ccc(Cl)cc2)(c2ccc(Cl)cc2)OCC1. The molecule has 0 atom stereocenters. The molecule has 0 amide bonds. The molecule has 2 aromatic carbocycles. The second-order valence-corrected chi connectivity index (χ2v) is 9.47. The third-order valence-electron chi connectivity index (χ3n) is 4.01. The van der Waals surface area contributed by atoms with Crippen LogP contribution in [-0.2, 0) is 8.85 Å². The number of hydrogen-bond acceptors (Lipinski definition) is 3. The molecule has 1 aliphatic rings. The Balaban J connectivity index is 2.04. The first-order valence-corrected chi connectivity index (χ1v) is 10.2. The predicted octanol–water partition coefficient (Wildman–Crippen LogP) is 2.53. The van der Waals surface area contributed by atoms with Crippen molar-refractivity contribution in [1.82, 2.24) is 4.90 Å². The fourth-order valence-corrected chi connectivity index (χ4v) is 5.99. The molecule has 2 aromatic rings. The average molecular weight is 368 g/mol. The topological polar surface area (TPSA) is 21.7 Å². The van der Waals surface area contributed by atoms with Crippen LogP contribution in [0.15, 0.2) is 48.5 Å². The molecule has 122 valence electrons. The highest BCUT2D eigenvalue weighted by Crippen LogP contribution is 2.16. The predicted molar refractivity (Wildman–Crippen MR) is 97.3 cm³/mol. The molecule has 0 radical (unpaired) electrons. The average Bonchev–Trinajstić information content (AvgIpc) is 2.53. The van der Waals surface area contributed by atoms with Crippen molar-refractivity contribution in [2.45, 2.75) is 0 Å². The lowest BCUT2D eigenvalue weighted by Crippen LogP contribution is -2.65. The van der Waals surface area contributed by atoms with Crippen LogP contribution >= 0.6 is 23.2 Å². The summed E-state index contributed by atoms with van der Waals surface area (Å²) in [5.74, 6) is 0. The molecule has 0 saturated carbocycles. The van der Waals surface area contributed by atoms with Gasteiger partial charge in [0.2, 0.25) is 0 Å². The Bertz CT molecular complexity index is 591. The molecule has 1 fully saturated rings. The van der Waals surface area contributed by atoms with Crippen LogP contribution in [0.4, 0.5) is 0 Å². The van der Waals surface area contributed by atoms with Gasteiger partial charge in [-0.05, 0) is 41.7 Å². The summed E-state index contributed by atoms with van der Waals surface area (Å²) >= 11 is 12.1. The van der Waals surface area contributed by atoms with Gasteiger partial charge in [-0.3, -0.25) is 0 Å². The van der Waals surface area contributed by atoms with Crippen molar-refractivity contribution in [2.75, 3.05) is 33.4 Å². The van der Waals surface area contributed by atoms with E-state index in [1.165, 1.54) is 0 Å². The smallest absolute Gasteiger partial charge is 0.386 e. The molecular weight excluding hydrogens is 349 g/mol. The van der Waals surface area contributed by atoms with E-state index in [0.717, 1.165) is 23.5 Å². The summed E-state index contributed by atoms with van der Waals surface area (Å²) < 4.78 is 12.8. The maximum absolute atomic E-state index is 6.38. The maximum Gasteiger partial charge on any atom is 0.407 e. The Hall–Kier alpha value is -0.883. The Morgan fingerprint density at radius 1 is 0.783 bits per heavy atom. The number of rotatable bonds is 2. The van der Waals surface area contributed by atoms with E-state index >= 15 is 0 Å². The number of likely N-dealkylation sites (N-methyl/N-ethyl adjacent to an activating group) is 1. The van der Waals surface area contributed by atoms with Gasteiger partial charge in [-0.25, -0.2) is 0 Å². The van der Waals surface area contributed by atoms with Gasteiger partial charge in [0.15, 0.2) is 0 Å². The van der Waals surface area contributed by atoms with Gasteiger partial charge in [0.25, 0.3) is 0 Å². The minimum atomic E-state index is -2.74. The summed E-state index contributed by atoms with van der Waals surface area (Å²) in [6.45, 7) is 3.04. The van der Waals surface area contributed by atoms with Crippen LogP contribution in [-0.4, -0.2) is 46.8 Å². The zero-order valence-electron chi connectivity index (χ0n) is 13.0. The van der Waals surface area contributed by atoms with Gasteiger partial charge in [0, 0.05) is 36.3 Å². The molecule has 1 aliphatic heterocycles. The van der Waals surface area contributed by atoms with Crippen LogP contribution in [0.25, 0.3) is 0 Å². The number of benzene rings is 2. The highest BCUT2D eigenvalue weighted by molar-refractivity contribution is 6.92. The van der Waals surface area contributed by atoms with Crippen molar-refractivity contribution in [3.63, 3.8) is 0 Å². The molecular formula is C17H19Cl2NO2Si. The lowest BCUT2D eigenvalue weighted by atomic mass is 10.4. The summed E-state index contributed by atoms with van der Waals surface area (Å²) in [7, 11) is -0.662. The molecule has 3 rings (SSSR count). The zero-order valence-corrected chi connectivity index (χ0v) is 15.5. The van der Waals surface area contributed by atoms with E-state index in [-0.39, 0.29) is 0 Å². The Labute approximate surface area is 148 Å². The molecule has 0 aromatic heterocycles. The van der Waals surface area contributed by atoms with Gasteiger partial charge in [0.1, 0.15) is 0 Å². The van der Waals surface area contributed by atoms with Crippen LogP contribution < -0.4 is 10.4 Å². The Morgan fingerprint density at radius 2 is 1.17 bits per heavy atom. The molecule has 1 saturated heterocycles. The first-order chi connectivity index (χ1) is 11.1. The molecule has 0 aliphatic carbocycles. The van der Waals surface area contributed by atoms with Gasteiger partial charge in [0.05, 0.1) is 0 Å². The summed E-state index contributed by atoms with van der Waals surface area (Å²) in [5, 5.41) is 3.54. The molecule has 0 unspecified atom stereocenters. The standard InChI is InChI=1S/C17H19Cl2NO2Si/c1-20-10-12-21-23(22-13-11-20,16-6-2-14(18)3-7-16)17-8-4-15(19)5-9-17/h2-9H,10-13H2,1H3. The van der Waals surface area contributed by atoms with Crippen molar-refractivity contribution in [3.8, 4) is 0 Å². The van der Waals surface area contributed by atoms with Gasteiger partial charge in [-0.1, -0.05) is 47.5 Å². The number of nitrogens with zero attached hydrogens (tertiary/aromatic N) is 1. The number of halogens is 2. The van der Waals surface area contributed by atoms with E-state index in [0.29, 0.717) is 23.3 Å². The fraction of sp³-hybridized carbons (Fsp3) is 0.294. The molecule has 1 heterocycles. The largest absolute Gasteiger partial charge is 0.407 e. The normalized spacial score (nSPS) is 19.1. The lowest BCUT2D eigenvalue weighted by Gasteiger charge is -2.35. The van der Waals surface area contributed by atoms with E-state index in [4.69, 9.17) is 32.1 Å². The molecule has 0 N–H and O–H groups in total. The van der Waals surface area contributed by atoms with Gasteiger partial charge in [-0.15, -0.1) is 0 Å². The van der Waals surface area contributed by atoms with Gasteiger partial charge in [-0.2, -0.15) is 0 Å². The molecule has 6 heteroatoms.